The normalized spacial score (nSPS) is 10.3. The molecule has 2 aromatic rings. The molecule has 2 aromatic heterocycles. The van der Waals surface area contributed by atoms with Crippen molar-refractivity contribution < 1.29 is 4.39 Å². The molecule has 2 heterocycles. The Morgan fingerprint density at radius 3 is 2.75 bits per heavy atom. The molecule has 5 nitrogen and oxygen atoms in total. The lowest BCUT2D eigenvalue weighted by atomic mass is 10.2. The fraction of sp³-hybridized carbons (Fsp3) is 0.357. The van der Waals surface area contributed by atoms with Crippen LogP contribution in [0.3, 0.4) is 0 Å². The van der Waals surface area contributed by atoms with Crippen LogP contribution >= 0.6 is 0 Å². The van der Waals surface area contributed by atoms with Crippen LogP contribution in [0.5, 0.6) is 0 Å². The van der Waals surface area contributed by atoms with Crippen molar-refractivity contribution in [3.05, 3.63) is 42.1 Å². The lowest BCUT2D eigenvalue weighted by molar-refractivity contribution is 0.607. The van der Waals surface area contributed by atoms with Gasteiger partial charge in [0.25, 0.3) is 0 Å². The molecule has 6 heteroatoms. The van der Waals surface area contributed by atoms with Gasteiger partial charge in [-0.2, -0.15) is 4.98 Å². The highest BCUT2D eigenvalue weighted by atomic mass is 19.1. The summed E-state index contributed by atoms with van der Waals surface area (Å²) in [4.78, 5) is 13.9. The van der Waals surface area contributed by atoms with Gasteiger partial charge >= 0.3 is 0 Å². The molecule has 0 fully saturated rings. The zero-order valence-corrected chi connectivity index (χ0v) is 11.7. The van der Waals surface area contributed by atoms with Crippen LogP contribution in [0.15, 0.2) is 30.7 Å². The van der Waals surface area contributed by atoms with Crippen LogP contribution in [-0.2, 0) is 6.54 Å². The maximum atomic E-state index is 13.8. The van der Waals surface area contributed by atoms with E-state index in [-0.39, 0.29) is 5.82 Å². The molecule has 0 bridgehead atoms. The summed E-state index contributed by atoms with van der Waals surface area (Å²) in [5.74, 6) is 0.309. The quantitative estimate of drug-likeness (QED) is 0.877. The van der Waals surface area contributed by atoms with Crippen LogP contribution in [0.4, 0.5) is 16.2 Å². The largest absolute Gasteiger partial charge is 0.354 e. The smallest absolute Gasteiger partial charge is 0.224 e. The lowest BCUT2D eigenvalue weighted by Crippen LogP contribution is -2.20. The van der Waals surface area contributed by atoms with Crippen LogP contribution in [0, 0.1) is 5.82 Å². The number of hydrogen-bond donors (Lipinski definition) is 1. The monoisotopic (exact) mass is 275 g/mol. The minimum absolute atomic E-state index is 0.287. The molecular weight excluding hydrogens is 257 g/mol. The number of hydrogen-bond acceptors (Lipinski definition) is 5. The van der Waals surface area contributed by atoms with E-state index in [9.17, 15) is 4.39 Å². The van der Waals surface area contributed by atoms with Gasteiger partial charge in [-0.05, 0) is 24.1 Å². The van der Waals surface area contributed by atoms with Crippen molar-refractivity contribution in [3.8, 4) is 0 Å². The molecular formula is C14H18FN5. The van der Waals surface area contributed by atoms with Crippen molar-refractivity contribution in [2.24, 2.45) is 0 Å². The average molecular weight is 275 g/mol. The van der Waals surface area contributed by atoms with Crippen LogP contribution in [0.25, 0.3) is 0 Å². The number of rotatable bonds is 6. The van der Waals surface area contributed by atoms with Crippen molar-refractivity contribution in [3.63, 3.8) is 0 Å². The van der Waals surface area contributed by atoms with E-state index in [1.165, 1.54) is 6.20 Å². The Hall–Kier alpha value is -2.24. The predicted octanol–water partition coefficient (Wildman–Crippen LogP) is 2.47. The molecule has 0 saturated carbocycles. The first kappa shape index (κ1) is 14.2. The third-order valence-electron chi connectivity index (χ3n) is 2.79. The summed E-state index contributed by atoms with van der Waals surface area (Å²) < 4.78 is 13.8. The molecule has 0 aromatic carbocycles. The third kappa shape index (κ3) is 3.63. The molecule has 2 rings (SSSR count). The van der Waals surface area contributed by atoms with Crippen molar-refractivity contribution in [1.82, 2.24) is 15.0 Å². The Kier molecular flexibility index (Phi) is 4.81. The number of anilines is 2. The minimum atomic E-state index is -0.427. The summed E-state index contributed by atoms with van der Waals surface area (Å²) in [5.41, 5.74) is 1.04. The number of pyridine rings is 1. The Morgan fingerprint density at radius 1 is 1.30 bits per heavy atom. The van der Waals surface area contributed by atoms with Gasteiger partial charge in [-0.25, -0.2) is 9.37 Å². The van der Waals surface area contributed by atoms with Crippen molar-refractivity contribution >= 4 is 11.8 Å². The molecule has 1 N–H and O–H groups in total. The van der Waals surface area contributed by atoms with Gasteiger partial charge in [0.2, 0.25) is 5.95 Å². The number of halogens is 1. The first-order valence-electron chi connectivity index (χ1n) is 6.57. The van der Waals surface area contributed by atoms with Gasteiger partial charge in [0.15, 0.2) is 11.6 Å². The summed E-state index contributed by atoms with van der Waals surface area (Å²) in [6.07, 6.45) is 5.59. The van der Waals surface area contributed by atoms with Crippen molar-refractivity contribution in [1.29, 1.82) is 0 Å². The molecule has 0 atom stereocenters. The zero-order valence-electron chi connectivity index (χ0n) is 11.7. The summed E-state index contributed by atoms with van der Waals surface area (Å²) in [6, 6.07) is 3.79. The molecule has 0 unspecified atom stereocenters. The fourth-order valence-corrected chi connectivity index (χ4v) is 1.78. The highest BCUT2D eigenvalue weighted by Crippen LogP contribution is 2.18. The second kappa shape index (κ2) is 6.79. The van der Waals surface area contributed by atoms with E-state index in [0.29, 0.717) is 12.5 Å². The number of aromatic nitrogens is 3. The molecule has 0 aliphatic heterocycles. The Labute approximate surface area is 117 Å². The highest BCUT2D eigenvalue weighted by molar-refractivity contribution is 5.43. The predicted molar refractivity (Wildman–Crippen MR) is 77.1 cm³/mol. The van der Waals surface area contributed by atoms with Crippen LogP contribution < -0.4 is 10.2 Å². The first-order valence-corrected chi connectivity index (χ1v) is 6.57. The van der Waals surface area contributed by atoms with Gasteiger partial charge < -0.3 is 10.2 Å². The summed E-state index contributed by atoms with van der Waals surface area (Å²) >= 11 is 0. The van der Waals surface area contributed by atoms with Gasteiger partial charge in [0.1, 0.15) is 0 Å². The van der Waals surface area contributed by atoms with E-state index < -0.39 is 5.82 Å². The molecule has 106 valence electrons. The van der Waals surface area contributed by atoms with Gasteiger partial charge in [-0.3, -0.25) is 4.98 Å². The average Bonchev–Trinajstić information content (AvgIpc) is 2.47. The standard InChI is InChI=1S/C14H18FN5/c1-3-6-17-14-18-9-12(15)13(19-14)20(2)10-11-4-7-16-8-5-11/h4-5,7-9H,3,6,10H2,1-2H3,(H,17,18,19). The van der Waals surface area contributed by atoms with E-state index in [0.717, 1.165) is 18.5 Å². The van der Waals surface area contributed by atoms with Crippen molar-refractivity contribution in [2.45, 2.75) is 19.9 Å². The van der Waals surface area contributed by atoms with Gasteiger partial charge in [-0.15, -0.1) is 0 Å². The van der Waals surface area contributed by atoms with Crippen molar-refractivity contribution in [2.75, 3.05) is 23.8 Å². The molecule has 0 saturated heterocycles. The van der Waals surface area contributed by atoms with E-state index in [1.54, 1.807) is 24.3 Å². The highest BCUT2D eigenvalue weighted by Gasteiger charge is 2.12. The van der Waals surface area contributed by atoms with Crippen LogP contribution in [-0.4, -0.2) is 28.5 Å². The first-order chi connectivity index (χ1) is 9.70. The molecule has 0 aliphatic rings. The second-order valence-electron chi connectivity index (χ2n) is 4.50. The van der Waals surface area contributed by atoms with Crippen LogP contribution in [0.2, 0.25) is 0 Å². The van der Waals surface area contributed by atoms with Gasteiger partial charge in [0.05, 0.1) is 6.20 Å². The third-order valence-corrected chi connectivity index (χ3v) is 2.79. The van der Waals surface area contributed by atoms with Gasteiger partial charge in [-0.1, -0.05) is 6.92 Å². The minimum Gasteiger partial charge on any atom is -0.354 e. The Morgan fingerprint density at radius 2 is 2.05 bits per heavy atom. The van der Waals surface area contributed by atoms with E-state index >= 15 is 0 Å². The zero-order chi connectivity index (χ0) is 14.4. The lowest BCUT2D eigenvalue weighted by Gasteiger charge is -2.19. The summed E-state index contributed by atoms with van der Waals surface area (Å²) in [7, 11) is 1.80. The molecule has 0 radical (unpaired) electrons. The Bertz CT molecular complexity index is 547. The molecule has 0 spiro atoms. The van der Waals surface area contributed by atoms with E-state index in [1.807, 2.05) is 19.1 Å². The van der Waals surface area contributed by atoms with E-state index in [2.05, 4.69) is 20.3 Å². The maximum absolute atomic E-state index is 13.8. The SMILES string of the molecule is CCCNc1ncc(F)c(N(C)Cc2ccncc2)n1. The Balaban J connectivity index is 2.13. The number of nitrogens with zero attached hydrogens (tertiary/aromatic N) is 4. The van der Waals surface area contributed by atoms with Crippen LogP contribution in [0.1, 0.15) is 18.9 Å². The second-order valence-corrected chi connectivity index (χ2v) is 4.50. The fourth-order valence-electron chi connectivity index (χ4n) is 1.78. The topological polar surface area (TPSA) is 53.9 Å². The molecule has 0 amide bonds. The summed E-state index contributed by atoms with van der Waals surface area (Å²) in [6.45, 7) is 3.37. The molecule has 20 heavy (non-hydrogen) atoms. The maximum Gasteiger partial charge on any atom is 0.224 e. The molecule has 0 aliphatic carbocycles. The van der Waals surface area contributed by atoms with E-state index in [4.69, 9.17) is 0 Å². The van der Waals surface area contributed by atoms with Gasteiger partial charge in [0, 0.05) is 32.5 Å². The summed E-state index contributed by atoms with van der Waals surface area (Å²) in [5, 5.41) is 3.06. The number of nitrogens with one attached hydrogen (secondary N) is 1.